The third-order valence-corrected chi connectivity index (χ3v) is 6.19. The highest BCUT2D eigenvalue weighted by Gasteiger charge is 2.23. The Bertz CT molecular complexity index is 1310. The molecule has 10 heteroatoms. The number of aromatic nitrogens is 2. The number of alkyl carbamates (subject to hydrolysis) is 1. The van der Waals surface area contributed by atoms with Crippen LogP contribution in [-0.2, 0) is 11.2 Å². The lowest BCUT2D eigenvalue weighted by molar-refractivity contribution is 0.0521. The van der Waals surface area contributed by atoms with Gasteiger partial charge in [-0.1, -0.05) is 6.92 Å². The zero-order valence-corrected chi connectivity index (χ0v) is 22.2. The number of hydrogen-bond donors (Lipinski definition) is 1. The Morgan fingerprint density at radius 1 is 1.19 bits per heavy atom. The Kier molecular flexibility index (Phi) is 7.97. The molecule has 3 heterocycles. The van der Waals surface area contributed by atoms with Crippen molar-refractivity contribution in [2.24, 2.45) is 0 Å². The number of carbonyl (C=O) groups is 1. The maximum atomic E-state index is 13.0. The number of benzene rings is 1. The molecule has 3 aromatic rings. The van der Waals surface area contributed by atoms with Crippen molar-refractivity contribution in [1.29, 1.82) is 0 Å². The molecule has 1 aliphatic rings. The van der Waals surface area contributed by atoms with Crippen molar-refractivity contribution in [3.8, 4) is 17.2 Å². The number of aryl methyl sites for hydroxylation is 1. The van der Waals surface area contributed by atoms with Crippen LogP contribution >= 0.6 is 0 Å². The van der Waals surface area contributed by atoms with E-state index in [9.17, 15) is 9.59 Å². The van der Waals surface area contributed by atoms with E-state index in [0.29, 0.717) is 35.2 Å². The monoisotopic (exact) mass is 509 g/mol. The molecular formula is C27H35N5O5. The molecular weight excluding hydrogens is 474 g/mol. The molecule has 198 valence electrons. The second kappa shape index (κ2) is 11.2. The molecule has 1 amide bonds. The standard InChI is InChI=1S/C27H35N5O5/c1-6-18-16-19(35-5)17-21-22(18)25(33)36-24(30-21)20-8-7-9-28-23(20)32-14-12-31(13-15-32)11-10-29-26(34)37-27(2,3)4/h7-9,16-17H,6,10-15H2,1-5H3,(H,29,34). The van der Waals surface area contributed by atoms with Crippen LogP contribution in [0.4, 0.5) is 10.6 Å². The molecule has 37 heavy (non-hydrogen) atoms. The molecule has 0 unspecified atom stereocenters. The van der Waals surface area contributed by atoms with Crippen molar-refractivity contribution in [3.63, 3.8) is 0 Å². The van der Waals surface area contributed by atoms with E-state index in [2.05, 4.69) is 20.1 Å². The van der Waals surface area contributed by atoms with Gasteiger partial charge in [-0.15, -0.1) is 0 Å². The number of methoxy groups -OCH3 is 1. The summed E-state index contributed by atoms with van der Waals surface area (Å²) in [7, 11) is 1.60. The first-order valence-corrected chi connectivity index (χ1v) is 12.6. The lowest BCUT2D eigenvalue weighted by Crippen LogP contribution is -2.49. The number of anilines is 1. The average Bonchev–Trinajstić information content (AvgIpc) is 2.87. The molecule has 10 nitrogen and oxygen atoms in total. The summed E-state index contributed by atoms with van der Waals surface area (Å²) in [6.45, 7) is 11.8. The first kappa shape index (κ1) is 26.4. The molecule has 0 spiro atoms. The summed E-state index contributed by atoms with van der Waals surface area (Å²) in [6.07, 6.45) is 1.99. The maximum Gasteiger partial charge on any atom is 0.407 e. The van der Waals surface area contributed by atoms with Crippen molar-refractivity contribution in [1.82, 2.24) is 20.2 Å². The second-order valence-corrected chi connectivity index (χ2v) is 9.97. The number of nitrogens with one attached hydrogen (secondary N) is 1. The number of rotatable bonds is 7. The zero-order valence-electron chi connectivity index (χ0n) is 22.2. The van der Waals surface area contributed by atoms with Crippen molar-refractivity contribution < 1.29 is 18.7 Å². The van der Waals surface area contributed by atoms with Gasteiger partial charge in [-0.3, -0.25) is 4.90 Å². The molecule has 1 fully saturated rings. The number of ether oxygens (including phenoxy) is 2. The summed E-state index contributed by atoms with van der Waals surface area (Å²) in [5.74, 6) is 1.61. The van der Waals surface area contributed by atoms with Gasteiger partial charge in [0, 0.05) is 51.5 Å². The van der Waals surface area contributed by atoms with E-state index in [1.54, 1.807) is 19.4 Å². The normalized spacial score (nSPS) is 14.6. The topological polar surface area (TPSA) is 110 Å². The minimum atomic E-state index is -0.514. The van der Waals surface area contributed by atoms with E-state index in [-0.39, 0.29) is 5.89 Å². The highest BCUT2D eigenvalue weighted by atomic mass is 16.6. The minimum Gasteiger partial charge on any atom is -0.497 e. The van der Waals surface area contributed by atoms with Gasteiger partial charge in [0.2, 0.25) is 5.89 Å². The summed E-state index contributed by atoms with van der Waals surface area (Å²) in [5.41, 5.74) is 1.11. The Balaban J connectivity index is 1.48. The van der Waals surface area contributed by atoms with E-state index in [0.717, 1.165) is 44.1 Å². The maximum absolute atomic E-state index is 13.0. The number of amides is 1. The quantitative estimate of drug-likeness (QED) is 0.512. The zero-order chi connectivity index (χ0) is 26.6. The van der Waals surface area contributed by atoms with Gasteiger partial charge in [0.05, 0.1) is 23.6 Å². The van der Waals surface area contributed by atoms with Crippen LogP contribution < -0.4 is 20.6 Å². The third-order valence-electron chi connectivity index (χ3n) is 6.19. The van der Waals surface area contributed by atoms with Crippen LogP contribution in [0.5, 0.6) is 5.75 Å². The largest absolute Gasteiger partial charge is 0.497 e. The molecule has 2 aromatic heterocycles. The number of carbonyl (C=O) groups excluding carboxylic acids is 1. The van der Waals surface area contributed by atoms with Crippen molar-refractivity contribution in [3.05, 3.63) is 46.4 Å². The fraction of sp³-hybridized carbons (Fsp3) is 0.481. The summed E-state index contributed by atoms with van der Waals surface area (Å²) < 4.78 is 16.4. The van der Waals surface area contributed by atoms with Crippen LogP contribution in [-0.4, -0.2) is 72.9 Å². The summed E-state index contributed by atoms with van der Waals surface area (Å²) in [5, 5.41) is 3.29. The Labute approximate surface area is 216 Å². The fourth-order valence-corrected chi connectivity index (χ4v) is 4.39. The van der Waals surface area contributed by atoms with E-state index >= 15 is 0 Å². The fourth-order valence-electron chi connectivity index (χ4n) is 4.39. The van der Waals surface area contributed by atoms with Gasteiger partial charge in [-0.05, 0) is 51.0 Å². The van der Waals surface area contributed by atoms with Gasteiger partial charge in [-0.2, -0.15) is 0 Å². The van der Waals surface area contributed by atoms with Crippen molar-refractivity contribution in [2.45, 2.75) is 39.7 Å². The van der Waals surface area contributed by atoms with E-state index in [4.69, 9.17) is 18.9 Å². The molecule has 1 N–H and O–H groups in total. The van der Waals surface area contributed by atoms with E-state index in [1.807, 2.05) is 45.9 Å². The van der Waals surface area contributed by atoms with Crippen LogP contribution in [0.2, 0.25) is 0 Å². The molecule has 0 bridgehead atoms. The summed E-state index contributed by atoms with van der Waals surface area (Å²) >= 11 is 0. The smallest absolute Gasteiger partial charge is 0.407 e. The van der Waals surface area contributed by atoms with Crippen LogP contribution in [0.15, 0.2) is 39.7 Å². The molecule has 1 aliphatic heterocycles. The third kappa shape index (κ3) is 6.37. The van der Waals surface area contributed by atoms with Crippen molar-refractivity contribution in [2.75, 3.05) is 51.3 Å². The molecule has 0 saturated carbocycles. The first-order valence-electron chi connectivity index (χ1n) is 12.6. The Morgan fingerprint density at radius 3 is 2.62 bits per heavy atom. The van der Waals surface area contributed by atoms with Crippen LogP contribution in [0, 0.1) is 0 Å². The number of pyridine rings is 1. The minimum absolute atomic E-state index is 0.236. The van der Waals surface area contributed by atoms with Gasteiger partial charge >= 0.3 is 11.7 Å². The summed E-state index contributed by atoms with van der Waals surface area (Å²) in [6, 6.07) is 7.29. The molecule has 0 atom stereocenters. The van der Waals surface area contributed by atoms with Gasteiger partial charge in [0.15, 0.2) is 0 Å². The SMILES string of the molecule is CCc1cc(OC)cc2nc(-c3cccnc3N3CCN(CCNC(=O)OC(C)(C)C)CC3)oc(=O)c12. The number of hydrogen-bond acceptors (Lipinski definition) is 9. The first-order chi connectivity index (χ1) is 17.7. The lowest BCUT2D eigenvalue weighted by Gasteiger charge is -2.36. The predicted molar refractivity (Wildman–Crippen MR) is 142 cm³/mol. The molecule has 1 saturated heterocycles. The highest BCUT2D eigenvalue weighted by molar-refractivity contribution is 5.84. The molecule has 0 aliphatic carbocycles. The number of nitrogens with zero attached hydrogens (tertiary/aromatic N) is 4. The van der Waals surface area contributed by atoms with Crippen LogP contribution in [0.25, 0.3) is 22.4 Å². The van der Waals surface area contributed by atoms with Gasteiger partial charge in [-0.25, -0.2) is 19.6 Å². The highest BCUT2D eigenvalue weighted by Crippen LogP contribution is 2.30. The van der Waals surface area contributed by atoms with Crippen LogP contribution in [0.3, 0.4) is 0 Å². The molecule has 0 radical (unpaired) electrons. The van der Waals surface area contributed by atoms with Gasteiger partial charge < -0.3 is 24.1 Å². The predicted octanol–water partition coefficient (Wildman–Crippen LogP) is 3.47. The lowest BCUT2D eigenvalue weighted by atomic mass is 10.1. The van der Waals surface area contributed by atoms with Crippen LogP contribution in [0.1, 0.15) is 33.3 Å². The average molecular weight is 510 g/mol. The van der Waals surface area contributed by atoms with Gasteiger partial charge in [0.25, 0.3) is 0 Å². The second-order valence-electron chi connectivity index (χ2n) is 9.97. The molecule has 1 aromatic carbocycles. The van der Waals surface area contributed by atoms with E-state index < -0.39 is 17.3 Å². The van der Waals surface area contributed by atoms with Crippen molar-refractivity contribution >= 4 is 22.8 Å². The van der Waals surface area contributed by atoms with E-state index in [1.165, 1.54) is 0 Å². The van der Waals surface area contributed by atoms with Gasteiger partial charge in [0.1, 0.15) is 17.2 Å². The molecule has 4 rings (SSSR count). The Hall–Kier alpha value is -3.66. The number of fused-ring (bicyclic) bond motifs is 1. The summed E-state index contributed by atoms with van der Waals surface area (Å²) in [4.78, 5) is 38.6. The number of piperazine rings is 1. The Morgan fingerprint density at radius 2 is 1.95 bits per heavy atom.